The molecule has 0 radical (unpaired) electrons. The number of fused-ring (bicyclic) bond motifs is 2. The van der Waals surface area contributed by atoms with Gasteiger partial charge in [-0.25, -0.2) is 0 Å². The monoisotopic (exact) mass is 414 g/mol. The predicted molar refractivity (Wildman–Crippen MR) is 113 cm³/mol. The second-order valence-electron chi connectivity index (χ2n) is 9.40. The Morgan fingerprint density at radius 1 is 1.17 bits per heavy atom. The van der Waals surface area contributed by atoms with Gasteiger partial charge in [0, 0.05) is 25.6 Å². The zero-order valence-electron chi connectivity index (χ0n) is 18.3. The van der Waals surface area contributed by atoms with E-state index < -0.39 is 17.6 Å². The quantitative estimate of drug-likeness (QED) is 0.554. The first kappa shape index (κ1) is 21.3. The lowest BCUT2D eigenvalue weighted by Crippen LogP contribution is -2.50. The van der Waals surface area contributed by atoms with Gasteiger partial charge in [0.05, 0.1) is 11.5 Å². The number of Topliss-reactive ketones (excluding diaryl/α,β-unsaturated/α-hetero) is 1. The standard InChI is InChI=1S/C24H34N2O4/c1-4-25(5-2)23(29)19-12-13-26-22(28)18(14-24(19,26)30)21(27)20-15(3)10-11-16-8-6-7-9-17(16)20/h10-11,14-17,19-20,30H,4-9,12-13H2,1-3H3. The lowest BCUT2D eigenvalue weighted by Gasteiger charge is -2.40. The molecule has 0 spiro atoms. The van der Waals surface area contributed by atoms with Gasteiger partial charge in [0.1, 0.15) is 0 Å². The summed E-state index contributed by atoms with van der Waals surface area (Å²) in [6.07, 6.45) is 10.6. The summed E-state index contributed by atoms with van der Waals surface area (Å²) in [5.74, 6) is -0.905. The fourth-order valence-electron chi connectivity index (χ4n) is 6.25. The highest BCUT2D eigenvalue weighted by Gasteiger charge is 2.58. The van der Waals surface area contributed by atoms with E-state index in [0.717, 1.165) is 19.3 Å². The van der Waals surface area contributed by atoms with Crippen LogP contribution < -0.4 is 0 Å². The molecule has 4 aliphatic rings. The molecule has 0 aromatic carbocycles. The van der Waals surface area contributed by atoms with Crippen LogP contribution in [-0.2, 0) is 14.4 Å². The van der Waals surface area contributed by atoms with E-state index in [1.165, 1.54) is 17.4 Å². The van der Waals surface area contributed by atoms with E-state index in [9.17, 15) is 19.5 Å². The summed E-state index contributed by atoms with van der Waals surface area (Å²) < 4.78 is 0. The molecule has 1 N–H and O–H groups in total. The number of hydrogen-bond acceptors (Lipinski definition) is 4. The number of carbonyl (C=O) groups excluding carboxylic acids is 3. The molecular weight excluding hydrogens is 380 g/mol. The van der Waals surface area contributed by atoms with Crippen molar-refractivity contribution in [2.24, 2.45) is 29.6 Å². The third kappa shape index (κ3) is 3.15. The Morgan fingerprint density at radius 3 is 2.57 bits per heavy atom. The molecular formula is C24H34N2O4. The van der Waals surface area contributed by atoms with Crippen LogP contribution in [0.4, 0.5) is 0 Å². The van der Waals surface area contributed by atoms with Gasteiger partial charge >= 0.3 is 0 Å². The Bertz CT molecular complexity index is 799. The van der Waals surface area contributed by atoms with Gasteiger partial charge in [-0.2, -0.15) is 0 Å². The molecule has 1 saturated carbocycles. The van der Waals surface area contributed by atoms with E-state index >= 15 is 0 Å². The van der Waals surface area contributed by atoms with Crippen molar-refractivity contribution in [3.05, 3.63) is 23.8 Å². The molecule has 1 saturated heterocycles. The van der Waals surface area contributed by atoms with E-state index in [-0.39, 0.29) is 35.0 Å². The average molecular weight is 415 g/mol. The molecule has 6 nitrogen and oxygen atoms in total. The minimum atomic E-state index is -1.68. The number of ketones is 1. The molecule has 6 atom stereocenters. The summed E-state index contributed by atoms with van der Waals surface area (Å²) in [4.78, 5) is 42.8. The second-order valence-corrected chi connectivity index (χ2v) is 9.40. The van der Waals surface area contributed by atoms with Crippen molar-refractivity contribution in [2.45, 2.75) is 58.6 Å². The Labute approximate surface area is 179 Å². The van der Waals surface area contributed by atoms with E-state index in [2.05, 4.69) is 12.2 Å². The molecule has 2 fully saturated rings. The first-order valence-corrected chi connectivity index (χ1v) is 11.6. The maximum atomic E-state index is 13.6. The topological polar surface area (TPSA) is 77.9 Å². The van der Waals surface area contributed by atoms with Crippen LogP contribution in [0.15, 0.2) is 23.8 Å². The van der Waals surface area contributed by atoms with Crippen molar-refractivity contribution in [2.75, 3.05) is 19.6 Å². The minimum absolute atomic E-state index is 0.0729. The summed E-state index contributed by atoms with van der Waals surface area (Å²) in [6, 6.07) is 0. The van der Waals surface area contributed by atoms with Crippen LogP contribution in [-0.4, -0.2) is 57.9 Å². The Morgan fingerprint density at radius 2 is 1.87 bits per heavy atom. The molecule has 4 rings (SSSR count). The Kier molecular flexibility index (Phi) is 5.64. The van der Waals surface area contributed by atoms with Crippen molar-refractivity contribution < 1.29 is 19.5 Å². The SMILES string of the molecule is CCN(CC)C(=O)C1CCN2C(=O)C(C(=O)C3C(C)C=CC4CCCCC43)=CC12O. The molecule has 164 valence electrons. The number of hydrogen-bond donors (Lipinski definition) is 1. The highest BCUT2D eigenvalue weighted by molar-refractivity contribution is 6.22. The van der Waals surface area contributed by atoms with Crippen molar-refractivity contribution >= 4 is 17.6 Å². The van der Waals surface area contributed by atoms with Gasteiger partial charge in [0.25, 0.3) is 5.91 Å². The smallest absolute Gasteiger partial charge is 0.259 e. The fraction of sp³-hybridized carbons (Fsp3) is 0.708. The predicted octanol–water partition coefficient (Wildman–Crippen LogP) is 2.53. The number of aliphatic hydroxyl groups is 1. The van der Waals surface area contributed by atoms with Crippen LogP contribution in [0.3, 0.4) is 0 Å². The van der Waals surface area contributed by atoms with Crippen LogP contribution in [0.1, 0.15) is 52.9 Å². The van der Waals surface area contributed by atoms with Crippen LogP contribution in [0.2, 0.25) is 0 Å². The van der Waals surface area contributed by atoms with Gasteiger partial charge in [-0.05, 0) is 56.9 Å². The van der Waals surface area contributed by atoms with Crippen LogP contribution in [0.25, 0.3) is 0 Å². The zero-order valence-corrected chi connectivity index (χ0v) is 18.3. The fourth-order valence-corrected chi connectivity index (χ4v) is 6.25. The van der Waals surface area contributed by atoms with Crippen molar-refractivity contribution in [3.8, 4) is 0 Å². The molecule has 6 heteroatoms. The molecule has 2 aliphatic carbocycles. The molecule has 2 amide bonds. The zero-order chi connectivity index (χ0) is 21.6. The number of carbonyl (C=O) groups is 3. The van der Waals surface area contributed by atoms with Gasteiger partial charge in [-0.1, -0.05) is 31.9 Å². The van der Waals surface area contributed by atoms with Gasteiger partial charge in [-0.3, -0.25) is 14.4 Å². The first-order valence-electron chi connectivity index (χ1n) is 11.6. The third-order valence-electron chi connectivity index (χ3n) is 7.92. The summed E-state index contributed by atoms with van der Waals surface area (Å²) in [5.41, 5.74) is -1.59. The van der Waals surface area contributed by atoms with Crippen LogP contribution >= 0.6 is 0 Å². The minimum Gasteiger partial charge on any atom is -0.366 e. The van der Waals surface area contributed by atoms with Crippen molar-refractivity contribution in [1.82, 2.24) is 9.80 Å². The molecule has 0 aromatic rings. The Balaban J connectivity index is 1.63. The molecule has 6 unspecified atom stereocenters. The van der Waals surface area contributed by atoms with E-state index in [4.69, 9.17) is 0 Å². The maximum Gasteiger partial charge on any atom is 0.259 e. The molecule has 0 aromatic heterocycles. The van der Waals surface area contributed by atoms with Gasteiger partial charge in [0.2, 0.25) is 5.91 Å². The van der Waals surface area contributed by atoms with E-state index in [0.29, 0.717) is 32.0 Å². The number of allylic oxidation sites excluding steroid dienone is 2. The third-order valence-corrected chi connectivity index (χ3v) is 7.92. The molecule has 30 heavy (non-hydrogen) atoms. The Hall–Kier alpha value is -1.95. The second kappa shape index (κ2) is 7.95. The highest BCUT2D eigenvalue weighted by atomic mass is 16.3. The number of nitrogens with zero attached hydrogens (tertiary/aromatic N) is 2. The summed E-state index contributed by atoms with van der Waals surface area (Å²) >= 11 is 0. The van der Waals surface area contributed by atoms with Crippen molar-refractivity contribution in [1.29, 1.82) is 0 Å². The van der Waals surface area contributed by atoms with Gasteiger partial charge in [-0.15, -0.1) is 0 Å². The number of rotatable bonds is 5. The van der Waals surface area contributed by atoms with E-state index in [1.807, 2.05) is 20.8 Å². The lowest BCUT2D eigenvalue weighted by atomic mass is 9.63. The normalized spacial score (nSPS) is 37.6. The summed E-state index contributed by atoms with van der Waals surface area (Å²) in [6.45, 7) is 7.27. The molecule has 2 heterocycles. The van der Waals surface area contributed by atoms with Gasteiger partial charge < -0.3 is 14.9 Å². The van der Waals surface area contributed by atoms with Crippen LogP contribution in [0, 0.1) is 29.6 Å². The summed E-state index contributed by atoms with van der Waals surface area (Å²) in [7, 11) is 0. The number of amides is 2. The lowest BCUT2D eigenvalue weighted by molar-refractivity contribution is -0.151. The molecule has 0 bridgehead atoms. The highest BCUT2D eigenvalue weighted by Crippen LogP contribution is 2.47. The molecule has 2 aliphatic heterocycles. The van der Waals surface area contributed by atoms with Gasteiger partial charge in [0.15, 0.2) is 11.5 Å². The first-order chi connectivity index (χ1) is 14.3. The largest absolute Gasteiger partial charge is 0.366 e. The average Bonchev–Trinajstić information content (AvgIpc) is 3.20. The van der Waals surface area contributed by atoms with E-state index in [1.54, 1.807) is 4.90 Å². The van der Waals surface area contributed by atoms with Crippen LogP contribution in [0.5, 0.6) is 0 Å². The van der Waals surface area contributed by atoms with Crippen molar-refractivity contribution in [3.63, 3.8) is 0 Å². The summed E-state index contributed by atoms with van der Waals surface area (Å²) in [5, 5.41) is 11.4. The maximum absolute atomic E-state index is 13.6.